The summed E-state index contributed by atoms with van der Waals surface area (Å²) in [6, 6.07) is 7.35. The van der Waals surface area contributed by atoms with Crippen LogP contribution in [-0.2, 0) is 16.0 Å². The van der Waals surface area contributed by atoms with Crippen LogP contribution in [-0.4, -0.2) is 73.7 Å². The minimum Gasteiger partial charge on any atom is -0.373 e. The van der Waals surface area contributed by atoms with E-state index in [0.717, 1.165) is 18.7 Å². The monoisotopic (exact) mass is 376 g/mol. The van der Waals surface area contributed by atoms with Gasteiger partial charge in [-0.15, -0.1) is 0 Å². The van der Waals surface area contributed by atoms with Gasteiger partial charge in [0.25, 0.3) is 0 Å². The number of rotatable bonds is 6. The third kappa shape index (κ3) is 6.84. The number of morpholine rings is 1. The SMILES string of the molecule is CC1CN(C(C)CNC(=O)Nc2ccc(CC(=O)N(C)C)cc2)CC(C)O1. The second kappa shape index (κ2) is 9.71. The molecule has 150 valence electrons. The fraction of sp³-hybridized carbons (Fsp3) is 0.600. The molecule has 0 spiro atoms. The van der Waals surface area contributed by atoms with Crippen LogP contribution < -0.4 is 10.6 Å². The van der Waals surface area contributed by atoms with E-state index in [1.807, 2.05) is 24.3 Å². The van der Waals surface area contributed by atoms with Crippen LogP contribution in [0.25, 0.3) is 0 Å². The second-order valence-electron chi connectivity index (χ2n) is 7.56. The second-order valence-corrected chi connectivity index (χ2v) is 7.56. The quantitative estimate of drug-likeness (QED) is 0.796. The van der Waals surface area contributed by atoms with Gasteiger partial charge in [0.05, 0.1) is 18.6 Å². The van der Waals surface area contributed by atoms with Gasteiger partial charge in [0.2, 0.25) is 5.91 Å². The summed E-state index contributed by atoms with van der Waals surface area (Å²) in [5, 5.41) is 5.76. The van der Waals surface area contributed by atoms with Crippen molar-refractivity contribution in [1.82, 2.24) is 15.1 Å². The predicted octanol–water partition coefficient (Wildman–Crippen LogP) is 1.94. The van der Waals surface area contributed by atoms with E-state index in [0.29, 0.717) is 18.7 Å². The smallest absolute Gasteiger partial charge is 0.319 e. The number of amides is 3. The van der Waals surface area contributed by atoms with Crippen LogP contribution in [0.3, 0.4) is 0 Å². The first-order valence-corrected chi connectivity index (χ1v) is 9.48. The Labute approximate surface area is 162 Å². The summed E-state index contributed by atoms with van der Waals surface area (Å²) in [6.07, 6.45) is 0.777. The van der Waals surface area contributed by atoms with Crippen molar-refractivity contribution < 1.29 is 14.3 Å². The topological polar surface area (TPSA) is 73.9 Å². The molecule has 3 unspecified atom stereocenters. The Bertz CT molecular complexity index is 623. The molecule has 1 heterocycles. The summed E-state index contributed by atoms with van der Waals surface area (Å²) in [5.41, 5.74) is 1.62. The number of hydrogen-bond acceptors (Lipinski definition) is 4. The molecule has 1 aliphatic heterocycles. The maximum atomic E-state index is 12.2. The van der Waals surface area contributed by atoms with Gasteiger partial charge < -0.3 is 20.3 Å². The van der Waals surface area contributed by atoms with Crippen molar-refractivity contribution in [3.8, 4) is 0 Å². The van der Waals surface area contributed by atoms with Crippen LogP contribution in [0.4, 0.5) is 10.5 Å². The van der Waals surface area contributed by atoms with Gasteiger partial charge in [-0.1, -0.05) is 12.1 Å². The lowest BCUT2D eigenvalue weighted by Gasteiger charge is -2.38. The summed E-state index contributed by atoms with van der Waals surface area (Å²) in [4.78, 5) is 27.8. The number of nitrogens with one attached hydrogen (secondary N) is 2. The van der Waals surface area contributed by atoms with E-state index >= 15 is 0 Å². The van der Waals surface area contributed by atoms with Crippen molar-refractivity contribution in [2.45, 2.75) is 45.4 Å². The molecule has 1 aliphatic rings. The average molecular weight is 377 g/mol. The average Bonchev–Trinajstić information content (AvgIpc) is 2.60. The van der Waals surface area contributed by atoms with E-state index in [2.05, 4.69) is 36.3 Å². The first-order chi connectivity index (χ1) is 12.7. The molecular formula is C20H32N4O3. The van der Waals surface area contributed by atoms with Crippen molar-refractivity contribution in [2.24, 2.45) is 0 Å². The Hall–Kier alpha value is -2.12. The third-order valence-corrected chi connectivity index (χ3v) is 4.70. The first-order valence-electron chi connectivity index (χ1n) is 9.48. The molecule has 1 saturated heterocycles. The van der Waals surface area contributed by atoms with E-state index in [1.54, 1.807) is 19.0 Å². The molecule has 1 aromatic rings. The van der Waals surface area contributed by atoms with Gasteiger partial charge in [0, 0.05) is 45.5 Å². The van der Waals surface area contributed by atoms with Gasteiger partial charge in [-0.05, 0) is 38.5 Å². The minimum absolute atomic E-state index is 0.0502. The molecule has 0 saturated carbocycles. The fourth-order valence-electron chi connectivity index (χ4n) is 3.16. The summed E-state index contributed by atoms with van der Waals surface area (Å²) < 4.78 is 5.75. The van der Waals surface area contributed by atoms with E-state index in [-0.39, 0.29) is 30.2 Å². The van der Waals surface area contributed by atoms with Crippen LogP contribution in [0.5, 0.6) is 0 Å². The highest BCUT2D eigenvalue weighted by atomic mass is 16.5. The molecule has 2 rings (SSSR count). The number of likely N-dealkylation sites (N-methyl/N-ethyl adjacent to an activating group) is 1. The fourth-order valence-corrected chi connectivity index (χ4v) is 3.16. The number of urea groups is 1. The zero-order chi connectivity index (χ0) is 20.0. The molecule has 0 aromatic heterocycles. The highest BCUT2D eigenvalue weighted by molar-refractivity contribution is 5.89. The molecule has 27 heavy (non-hydrogen) atoms. The highest BCUT2D eigenvalue weighted by Gasteiger charge is 2.25. The Kier molecular flexibility index (Phi) is 7.62. The van der Waals surface area contributed by atoms with Crippen molar-refractivity contribution in [3.05, 3.63) is 29.8 Å². The van der Waals surface area contributed by atoms with Crippen LogP contribution in [0.1, 0.15) is 26.3 Å². The lowest BCUT2D eigenvalue weighted by Crippen LogP contribution is -2.52. The molecular weight excluding hydrogens is 344 g/mol. The van der Waals surface area contributed by atoms with Gasteiger partial charge in [-0.3, -0.25) is 9.69 Å². The number of benzene rings is 1. The number of ether oxygens (including phenoxy) is 1. The van der Waals surface area contributed by atoms with E-state index in [1.165, 1.54) is 0 Å². The minimum atomic E-state index is -0.228. The van der Waals surface area contributed by atoms with E-state index in [9.17, 15) is 9.59 Å². The number of nitrogens with zero attached hydrogens (tertiary/aromatic N) is 2. The molecule has 2 N–H and O–H groups in total. The van der Waals surface area contributed by atoms with Gasteiger partial charge in [0.15, 0.2) is 0 Å². The van der Waals surface area contributed by atoms with Crippen LogP contribution >= 0.6 is 0 Å². The van der Waals surface area contributed by atoms with Gasteiger partial charge >= 0.3 is 6.03 Å². The van der Waals surface area contributed by atoms with Crippen molar-refractivity contribution in [2.75, 3.05) is 39.0 Å². The number of anilines is 1. The highest BCUT2D eigenvalue weighted by Crippen LogP contribution is 2.13. The normalized spacial score (nSPS) is 21.4. The van der Waals surface area contributed by atoms with E-state index in [4.69, 9.17) is 4.74 Å². The largest absolute Gasteiger partial charge is 0.373 e. The Balaban J connectivity index is 1.77. The van der Waals surface area contributed by atoms with Gasteiger partial charge in [0.1, 0.15) is 0 Å². The maximum absolute atomic E-state index is 12.2. The molecule has 7 nitrogen and oxygen atoms in total. The van der Waals surface area contributed by atoms with Crippen LogP contribution in [0.2, 0.25) is 0 Å². The van der Waals surface area contributed by atoms with Crippen LogP contribution in [0, 0.1) is 0 Å². The molecule has 1 aromatic carbocycles. The predicted molar refractivity (Wildman–Crippen MR) is 107 cm³/mol. The van der Waals surface area contributed by atoms with Gasteiger partial charge in [-0.25, -0.2) is 4.79 Å². The molecule has 0 bridgehead atoms. The maximum Gasteiger partial charge on any atom is 0.319 e. The summed E-state index contributed by atoms with van der Waals surface area (Å²) in [5.74, 6) is 0.0502. The zero-order valence-corrected chi connectivity index (χ0v) is 17.0. The lowest BCUT2D eigenvalue weighted by molar-refractivity contribution is -0.127. The third-order valence-electron chi connectivity index (χ3n) is 4.70. The Morgan fingerprint density at radius 2 is 1.78 bits per heavy atom. The molecule has 0 radical (unpaired) electrons. The summed E-state index contributed by atoms with van der Waals surface area (Å²) in [7, 11) is 3.48. The zero-order valence-electron chi connectivity index (χ0n) is 17.0. The summed E-state index contributed by atoms with van der Waals surface area (Å²) >= 11 is 0. The molecule has 1 fully saturated rings. The first kappa shape index (κ1) is 21.2. The van der Waals surface area contributed by atoms with Crippen molar-refractivity contribution >= 4 is 17.6 Å². The molecule has 7 heteroatoms. The lowest BCUT2D eigenvalue weighted by atomic mass is 10.1. The van der Waals surface area contributed by atoms with Crippen molar-refractivity contribution in [1.29, 1.82) is 0 Å². The number of hydrogen-bond donors (Lipinski definition) is 2. The van der Waals surface area contributed by atoms with Gasteiger partial charge in [-0.2, -0.15) is 0 Å². The van der Waals surface area contributed by atoms with E-state index < -0.39 is 0 Å². The van der Waals surface area contributed by atoms with Crippen molar-refractivity contribution in [3.63, 3.8) is 0 Å². The Morgan fingerprint density at radius 1 is 1.19 bits per heavy atom. The molecule has 3 amide bonds. The molecule has 0 aliphatic carbocycles. The number of carbonyl (C=O) groups excluding carboxylic acids is 2. The summed E-state index contributed by atoms with van der Waals surface area (Å²) in [6.45, 7) is 8.59. The standard InChI is InChI=1S/C20H32N4O3/c1-14(24-12-15(2)27-16(3)13-24)11-21-20(26)22-18-8-6-17(7-9-18)10-19(25)23(4)5/h6-9,14-16H,10-13H2,1-5H3,(H2,21,22,26). The Morgan fingerprint density at radius 3 is 2.33 bits per heavy atom. The number of carbonyl (C=O) groups is 2. The van der Waals surface area contributed by atoms with Crippen LogP contribution in [0.15, 0.2) is 24.3 Å². The molecule has 3 atom stereocenters.